The van der Waals surface area contributed by atoms with Crippen molar-refractivity contribution < 1.29 is 32.2 Å². The van der Waals surface area contributed by atoms with Crippen molar-refractivity contribution in [2.75, 3.05) is 19.5 Å². The zero-order chi connectivity index (χ0) is 31.7. The summed E-state index contributed by atoms with van der Waals surface area (Å²) >= 11 is 1.39. The zero-order valence-corrected chi connectivity index (χ0v) is 24.5. The van der Waals surface area contributed by atoms with Crippen molar-refractivity contribution in [2.24, 2.45) is 11.5 Å². The minimum absolute atomic E-state index is 0.0260. The highest BCUT2D eigenvalue weighted by Crippen LogP contribution is 2.32. The summed E-state index contributed by atoms with van der Waals surface area (Å²) < 4.78 is 44.6. The van der Waals surface area contributed by atoms with Crippen LogP contribution in [0.1, 0.15) is 35.5 Å². The number of nitrogens with zero attached hydrogens (tertiary/aromatic N) is 3. The topological polar surface area (TPSA) is 167 Å². The average molecular weight is 622 g/mol. The Bertz CT molecular complexity index is 1370. The van der Waals surface area contributed by atoms with Crippen molar-refractivity contribution in [3.63, 3.8) is 0 Å². The number of aryl methyl sites for hydroxylation is 1. The Morgan fingerprint density at radius 3 is 2.53 bits per heavy atom. The van der Waals surface area contributed by atoms with Gasteiger partial charge in [-0.15, -0.1) is 23.4 Å². The molecule has 15 heteroatoms. The maximum Gasteiger partial charge on any atom is 0.573 e. The molecule has 0 bridgehead atoms. The fraction of sp³-hybridized carbons (Fsp3) is 0.321. The molecular weight excluding hydrogens is 587 g/mol. The van der Waals surface area contributed by atoms with Gasteiger partial charge in [-0.05, 0) is 61.2 Å². The number of amides is 1. The molecule has 3 aromatic rings. The maximum absolute atomic E-state index is 12.0. The number of pyridine rings is 1. The van der Waals surface area contributed by atoms with Crippen LogP contribution in [0.2, 0.25) is 0 Å². The fourth-order valence-corrected chi connectivity index (χ4v) is 4.15. The quantitative estimate of drug-likeness (QED) is 0.117. The number of hydrogen-bond acceptors (Lipinski definition) is 11. The third kappa shape index (κ3) is 14.2. The third-order valence-corrected chi connectivity index (χ3v) is 6.32. The first-order valence-electron chi connectivity index (χ1n) is 13.0. The number of aromatic nitrogens is 3. The normalized spacial score (nSPS) is 11.7. The van der Waals surface area contributed by atoms with E-state index in [0.29, 0.717) is 22.8 Å². The van der Waals surface area contributed by atoms with Crippen LogP contribution in [0.3, 0.4) is 0 Å². The predicted octanol–water partition coefficient (Wildman–Crippen LogP) is 4.02. The van der Waals surface area contributed by atoms with E-state index in [4.69, 9.17) is 16.2 Å². The smallest absolute Gasteiger partial charge is 0.493 e. The number of ether oxygens (including phenoxy) is 2. The van der Waals surface area contributed by atoms with E-state index in [0.717, 1.165) is 48.1 Å². The number of alkyl halides is 3. The Morgan fingerprint density at radius 1 is 1.09 bits per heavy atom. The molecule has 43 heavy (non-hydrogen) atoms. The van der Waals surface area contributed by atoms with Crippen LogP contribution in [-0.2, 0) is 28.9 Å². The van der Waals surface area contributed by atoms with Gasteiger partial charge in [0.2, 0.25) is 11.0 Å². The highest BCUT2D eigenvalue weighted by Gasteiger charge is 2.32. The van der Waals surface area contributed by atoms with Crippen LogP contribution < -0.4 is 31.6 Å². The maximum atomic E-state index is 12.0. The number of allylic oxidation sites excluding steroid dienone is 3. The minimum Gasteiger partial charge on any atom is -0.493 e. The number of aldehydes is 1. The van der Waals surface area contributed by atoms with Gasteiger partial charge in [0.05, 0.1) is 19.4 Å². The molecule has 0 atom stereocenters. The lowest BCUT2D eigenvalue weighted by Gasteiger charge is -2.13. The summed E-state index contributed by atoms with van der Waals surface area (Å²) in [6.07, 6.45) is 4.76. The Labute approximate surface area is 251 Å². The van der Waals surface area contributed by atoms with Crippen molar-refractivity contribution >= 4 is 28.7 Å². The third-order valence-electron chi connectivity index (χ3n) is 5.43. The van der Waals surface area contributed by atoms with Gasteiger partial charge in [-0.2, -0.15) is 0 Å². The van der Waals surface area contributed by atoms with Crippen LogP contribution in [0.4, 0.5) is 18.3 Å². The number of benzene rings is 1. The van der Waals surface area contributed by atoms with Crippen molar-refractivity contribution in [1.82, 2.24) is 20.5 Å². The van der Waals surface area contributed by atoms with Crippen LogP contribution in [0.15, 0.2) is 66.3 Å². The molecular formula is C28H34F3N7O4S. The van der Waals surface area contributed by atoms with Gasteiger partial charge in [0, 0.05) is 37.5 Å². The van der Waals surface area contributed by atoms with Crippen molar-refractivity contribution in [3.05, 3.63) is 82.5 Å². The number of carbonyl (C=O) groups excluding carboxylic acids is 2. The second-order valence-corrected chi connectivity index (χ2v) is 9.83. The van der Waals surface area contributed by atoms with E-state index in [1.54, 1.807) is 19.3 Å². The first-order valence-corrected chi connectivity index (χ1v) is 13.8. The minimum atomic E-state index is -4.78. The molecule has 0 saturated carbocycles. The summed E-state index contributed by atoms with van der Waals surface area (Å²) in [6, 6.07) is 9.42. The summed E-state index contributed by atoms with van der Waals surface area (Å²) in [5.41, 5.74) is 13.5. The molecule has 6 N–H and O–H groups in total. The highest BCUT2D eigenvalue weighted by atomic mass is 32.1. The van der Waals surface area contributed by atoms with Gasteiger partial charge in [0.25, 0.3) is 0 Å². The number of methoxy groups -OCH3 is 1. The van der Waals surface area contributed by atoms with E-state index in [2.05, 4.69) is 30.6 Å². The summed E-state index contributed by atoms with van der Waals surface area (Å²) in [4.78, 5) is 26.4. The molecule has 1 amide bonds. The van der Waals surface area contributed by atoms with Crippen molar-refractivity contribution in [1.29, 1.82) is 0 Å². The number of nitrogens with two attached hydrogens (primary N) is 2. The number of rotatable bonds is 14. The molecule has 232 valence electrons. The van der Waals surface area contributed by atoms with E-state index < -0.39 is 12.1 Å². The molecule has 0 spiro atoms. The van der Waals surface area contributed by atoms with Gasteiger partial charge in [0.15, 0.2) is 11.5 Å². The van der Waals surface area contributed by atoms with Gasteiger partial charge in [-0.25, -0.2) is 0 Å². The molecule has 2 heterocycles. The lowest BCUT2D eigenvalue weighted by molar-refractivity contribution is -0.275. The zero-order valence-electron chi connectivity index (χ0n) is 23.7. The van der Waals surface area contributed by atoms with E-state index >= 15 is 0 Å². The lowest BCUT2D eigenvalue weighted by Crippen LogP contribution is -2.17. The van der Waals surface area contributed by atoms with Crippen LogP contribution in [0.5, 0.6) is 11.5 Å². The Kier molecular flexibility index (Phi) is 14.5. The van der Waals surface area contributed by atoms with Gasteiger partial charge in [-0.1, -0.05) is 23.5 Å². The van der Waals surface area contributed by atoms with E-state index in [1.807, 2.05) is 24.3 Å². The van der Waals surface area contributed by atoms with E-state index in [9.17, 15) is 22.8 Å². The van der Waals surface area contributed by atoms with Gasteiger partial charge >= 0.3 is 6.36 Å². The summed E-state index contributed by atoms with van der Waals surface area (Å²) in [7, 11) is 2.99. The number of unbranched alkanes of at least 4 members (excludes halogenated alkanes) is 1. The van der Waals surface area contributed by atoms with Crippen molar-refractivity contribution in [3.8, 4) is 11.5 Å². The van der Waals surface area contributed by atoms with Crippen LogP contribution in [0.25, 0.3) is 0 Å². The first-order chi connectivity index (χ1) is 20.5. The lowest BCUT2D eigenvalue weighted by atomic mass is 10.1. The molecule has 0 aliphatic rings. The molecule has 0 radical (unpaired) electrons. The van der Waals surface area contributed by atoms with Crippen molar-refractivity contribution in [2.45, 2.75) is 44.9 Å². The number of halogens is 3. The fourth-order valence-electron chi connectivity index (χ4n) is 3.35. The molecule has 11 nitrogen and oxygen atoms in total. The average Bonchev–Trinajstić information content (AvgIpc) is 3.41. The van der Waals surface area contributed by atoms with Gasteiger partial charge in [0.1, 0.15) is 11.3 Å². The Hall–Kier alpha value is -4.66. The second kappa shape index (κ2) is 18.0. The Morgan fingerprint density at radius 2 is 1.88 bits per heavy atom. The number of anilines is 1. The largest absolute Gasteiger partial charge is 0.573 e. The van der Waals surface area contributed by atoms with Gasteiger partial charge in [-0.3, -0.25) is 9.78 Å². The van der Waals surface area contributed by atoms with Crippen LogP contribution >= 0.6 is 11.3 Å². The molecule has 0 aliphatic heterocycles. The first kappa shape index (κ1) is 34.5. The predicted molar refractivity (Wildman–Crippen MR) is 157 cm³/mol. The van der Waals surface area contributed by atoms with Gasteiger partial charge < -0.3 is 36.4 Å². The number of hydrogen-bond donors (Lipinski definition) is 4. The van der Waals surface area contributed by atoms with Crippen LogP contribution in [-0.4, -0.2) is 47.9 Å². The summed E-state index contributed by atoms with van der Waals surface area (Å²) in [5.74, 6) is -0.0611. The highest BCUT2D eigenvalue weighted by molar-refractivity contribution is 7.15. The second-order valence-electron chi connectivity index (χ2n) is 8.77. The number of carbonyl (C=O) groups is 2. The Balaban J connectivity index is 0.000000344. The molecule has 0 fully saturated rings. The molecule has 0 saturated heterocycles. The molecule has 0 aliphatic carbocycles. The summed E-state index contributed by atoms with van der Waals surface area (Å²) in [5, 5.41) is 15.1. The van der Waals surface area contributed by atoms with E-state index in [1.165, 1.54) is 30.6 Å². The standard InChI is InChI=1S/C18H25N7OS.C10H9F3O3/c1-21-15(20)10-9-13(19)6-2-3-8-17-24-25-18(27-17)23-16(26)12-14-7-4-5-11-22-14;1-15-8-3-2-7(4-5-14)6-9(8)16-10(11,12)13/h4-5,7,9-11,21H,2-3,6,8,12,19-20H2,1H3,(H,23,25,26);2-3,5-6H,4H2,1H3/b13-9-,15-10+;. The SMILES string of the molecule is CN/C(N)=C/C=C(\N)CCCCc1nnc(NC(=O)Cc2ccccn2)s1.COc1ccc(CC=O)cc1OC(F)(F)F. The molecule has 2 aromatic heterocycles. The summed E-state index contributed by atoms with van der Waals surface area (Å²) in [6.45, 7) is 0. The molecule has 1 aromatic carbocycles. The van der Waals surface area contributed by atoms with Crippen LogP contribution in [0, 0.1) is 0 Å². The molecule has 0 unspecified atom stereocenters. The van der Waals surface area contributed by atoms with E-state index in [-0.39, 0.29) is 24.5 Å². The number of nitrogens with one attached hydrogen (secondary N) is 2. The monoisotopic (exact) mass is 621 g/mol. The molecule has 3 rings (SSSR count).